The molecule has 1 aliphatic heterocycles. The van der Waals surface area contributed by atoms with Crippen molar-refractivity contribution in [1.29, 1.82) is 0 Å². The van der Waals surface area contributed by atoms with Gasteiger partial charge in [-0.1, -0.05) is 0 Å². The number of imidazole rings is 1. The van der Waals surface area contributed by atoms with E-state index in [1.54, 1.807) is 4.57 Å². The molecule has 1 fully saturated rings. The van der Waals surface area contributed by atoms with Crippen LogP contribution in [0.3, 0.4) is 0 Å². The predicted molar refractivity (Wildman–Crippen MR) is 75.0 cm³/mol. The highest BCUT2D eigenvalue weighted by atomic mass is 19.1. The molecule has 0 aliphatic carbocycles. The number of esters is 1. The number of nitrogens with zero attached hydrogens (tertiary/aromatic N) is 1. The molecular formula is C14H16FN3O3. The highest BCUT2D eigenvalue weighted by Crippen LogP contribution is 2.24. The second-order valence-corrected chi connectivity index (χ2v) is 5.12. The van der Waals surface area contributed by atoms with Crippen LogP contribution in [-0.2, 0) is 4.74 Å². The normalized spacial score (nSPS) is 16.3. The minimum absolute atomic E-state index is 0.0378. The van der Waals surface area contributed by atoms with Gasteiger partial charge >= 0.3 is 11.7 Å². The Balaban J connectivity index is 2.14. The monoisotopic (exact) mass is 293 g/mol. The van der Waals surface area contributed by atoms with Gasteiger partial charge in [0.2, 0.25) is 0 Å². The second-order valence-electron chi connectivity index (χ2n) is 5.12. The number of carbonyl (C=O) groups excluding carboxylic acids is 1. The number of aromatic nitrogens is 2. The van der Waals surface area contributed by atoms with Crippen LogP contribution in [0.25, 0.3) is 11.0 Å². The van der Waals surface area contributed by atoms with E-state index in [4.69, 9.17) is 0 Å². The van der Waals surface area contributed by atoms with E-state index in [0.717, 1.165) is 25.9 Å². The molecule has 112 valence electrons. The zero-order valence-electron chi connectivity index (χ0n) is 11.6. The molecule has 0 saturated carbocycles. The molecule has 2 aromatic rings. The molecule has 0 atom stereocenters. The number of carbonyl (C=O) groups is 1. The van der Waals surface area contributed by atoms with Gasteiger partial charge in [-0.15, -0.1) is 0 Å². The van der Waals surface area contributed by atoms with Crippen molar-refractivity contribution in [3.63, 3.8) is 0 Å². The number of halogens is 1. The fourth-order valence-electron chi connectivity index (χ4n) is 2.84. The topological polar surface area (TPSA) is 76.1 Å². The van der Waals surface area contributed by atoms with Crippen molar-refractivity contribution in [1.82, 2.24) is 14.9 Å². The maximum absolute atomic E-state index is 14.1. The minimum Gasteiger partial charge on any atom is -0.465 e. The average molecular weight is 293 g/mol. The summed E-state index contributed by atoms with van der Waals surface area (Å²) in [5.41, 5.74) is 0.472. The number of hydrogen-bond donors (Lipinski definition) is 2. The summed E-state index contributed by atoms with van der Waals surface area (Å²) in [6.45, 7) is 1.65. The van der Waals surface area contributed by atoms with Crippen molar-refractivity contribution in [3.8, 4) is 0 Å². The molecular weight excluding hydrogens is 277 g/mol. The van der Waals surface area contributed by atoms with Gasteiger partial charge in [0.05, 0.1) is 23.7 Å². The van der Waals surface area contributed by atoms with E-state index >= 15 is 0 Å². The van der Waals surface area contributed by atoms with Crippen LogP contribution < -0.4 is 11.0 Å². The summed E-state index contributed by atoms with van der Waals surface area (Å²) >= 11 is 0. The lowest BCUT2D eigenvalue weighted by molar-refractivity contribution is 0.0595. The Labute approximate surface area is 119 Å². The maximum atomic E-state index is 14.1. The Morgan fingerprint density at radius 1 is 1.38 bits per heavy atom. The van der Waals surface area contributed by atoms with Crippen molar-refractivity contribution < 1.29 is 13.9 Å². The number of H-pyrrole nitrogens is 1. The third-order valence-electron chi connectivity index (χ3n) is 3.88. The molecule has 1 aromatic heterocycles. The molecule has 2 N–H and O–H groups in total. The summed E-state index contributed by atoms with van der Waals surface area (Å²) < 4.78 is 20.2. The van der Waals surface area contributed by atoms with E-state index in [-0.39, 0.29) is 17.3 Å². The lowest BCUT2D eigenvalue weighted by Gasteiger charge is -2.23. The van der Waals surface area contributed by atoms with Crippen LogP contribution >= 0.6 is 0 Å². The summed E-state index contributed by atoms with van der Waals surface area (Å²) in [6, 6.07) is 2.59. The van der Waals surface area contributed by atoms with Crippen LogP contribution in [0.4, 0.5) is 4.39 Å². The predicted octanol–water partition coefficient (Wildman–Crippen LogP) is 1.18. The lowest BCUT2D eigenvalue weighted by atomic mass is 10.1. The van der Waals surface area contributed by atoms with E-state index in [9.17, 15) is 14.0 Å². The van der Waals surface area contributed by atoms with Crippen LogP contribution in [0.15, 0.2) is 16.9 Å². The molecule has 1 saturated heterocycles. The van der Waals surface area contributed by atoms with Gasteiger partial charge in [-0.2, -0.15) is 0 Å². The summed E-state index contributed by atoms with van der Waals surface area (Å²) in [5, 5.41) is 3.23. The Kier molecular flexibility index (Phi) is 3.50. The molecule has 6 nitrogen and oxygen atoms in total. The smallest absolute Gasteiger partial charge is 0.340 e. The van der Waals surface area contributed by atoms with E-state index in [1.165, 1.54) is 19.2 Å². The Hall–Kier alpha value is -2.15. The molecule has 1 aromatic carbocycles. The van der Waals surface area contributed by atoms with E-state index < -0.39 is 11.8 Å². The number of rotatable bonds is 2. The number of piperidine rings is 1. The summed E-state index contributed by atoms with van der Waals surface area (Å²) in [5.74, 6) is -1.44. The first-order valence-electron chi connectivity index (χ1n) is 6.84. The van der Waals surface area contributed by atoms with Gasteiger partial charge in [0.1, 0.15) is 5.82 Å². The number of nitrogens with one attached hydrogen (secondary N) is 2. The Bertz CT molecular complexity index is 744. The number of hydrogen-bond acceptors (Lipinski definition) is 4. The molecule has 7 heteroatoms. The Morgan fingerprint density at radius 2 is 2.10 bits per heavy atom. The summed E-state index contributed by atoms with van der Waals surface area (Å²) in [4.78, 5) is 26.3. The van der Waals surface area contributed by atoms with Gasteiger partial charge < -0.3 is 15.0 Å². The molecule has 1 aliphatic rings. The molecule has 0 amide bonds. The standard InChI is InChI=1S/C14H16FN3O3/c1-21-13(19)9-6-11-12(7-10(9)15)18(14(20)17-11)8-2-4-16-5-3-8/h6-8,16H,2-5H2,1H3,(H,17,20). The largest absolute Gasteiger partial charge is 0.465 e. The number of aromatic amines is 1. The van der Waals surface area contributed by atoms with Crippen molar-refractivity contribution in [2.24, 2.45) is 0 Å². The van der Waals surface area contributed by atoms with E-state index in [2.05, 4.69) is 15.0 Å². The first kappa shape index (κ1) is 13.8. The second kappa shape index (κ2) is 5.33. The number of benzene rings is 1. The molecule has 0 radical (unpaired) electrons. The maximum Gasteiger partial charge on any atom is 0.340 e. The molecule has 2 heterocycles. The first-order valence-corrected chi connectivity index (χ1v) is 6.84. The highest BCUT2D eigenvalue weighted by Gasteiger charge is 2.22. The van der Waals surface area contributed by atoms with Gasteiger partial charge in [0.15, 0.2) is 0 Å². The molecule has 0 bridgehead atoms. The van der Waals surface area contributed by atoms with E-state index in [1.807, 2.05) is 0 Å². The zero-order chi connectivity index (χ0) is 15.0. The quantitative estimate of drug-likeness (QED) is 0.815. The van der Waals surface area contributed by atoms with Crippen LogP contribution in [0.5, 0.6) is 0 Å². The molecule has 21 heavy (non-hydrogen) atoms. The van der Waals surface area contributed by atoms with Crippen LogP contribution in [0, 0.1) is 5.82 Å². The minimum atomic E-state index is -0.759. The van der Waals surface area contributed by atoms with E-state index in [0.29, 0.717) is 11.0 Å². The average Bonchev–Trinajstić information content (AvgIpc) is 2.81. The van der Waals surface area contributed by atoms with Gasteiger partial charge in [-0.3, -0.25) is 4.57 Å². The van der Waals surface area contributed by atoms with Crippen LogP contribution in [0.2, 0.25) is 0 Å². The van der Waals surface area contributed by atoms with Gasteiger partial charge in [-0.05, 0) is 32.0 Å². The summed E-state index contributed by atoms with van der Waals surface area (Å²) in [7, 11) is 1.19. The number of ether oxygens (including phenoxy) is 1. The lowest BCUT2D eigenvalue weighted by Crippen LogP contribution is -2.33. The van der Waals surface area contributed by atoms with Crippen molar-refractivity contribution >= 4 is 17.0 Å². The molecule has 0 unspecified atom stereocenters. The zero-order valence-corrected chi connectivity index (χ0v) is 11.6. The SMILES string of the molecule is COC(=O)c1cc2[nH]c(=O)n(C3CCNCC3)c2cc1F. The number of methoxy groups -OCH3 is 1. The van der Waals surface area contributed by atoms with Crippen molar-refractivity contribution in [2.75, 3.05) is 20.2 Å². The fourth-order valence-corrected chi connectivity index (χ4v) is 2.84. The van der Waals surface area contributed by atoms with Gasteiger partial charge in [0, 0.05) is 12.1 Å². The third-order valence-corrected chi connectivity index (χ3v) is 3.88. The first-order chi connectivity index (χ1) is 10.1. The van der Waals surface area contributed by atoms with Crippen LogP contribution in [-0.4, -0.2) is 35.7 Å². The third kappa shape index (κ3) is 2.33. The highest BCUT2D eigenvalue weighted by molar-refractivity contribution is 5.94. The van der Waals surface area contributed by atoms with Crippen molar-refractivity contribution in [2.45, 2.75) is 18.9 Å². The molecule has 3 rings (SSSR count). The van der Waals surface area contributed by atoms with Gasteiger partial charge in [-0.25, -0.2) is 14.0 Å². The Morgan fingerprint density at radius 3 is 2.76 bits per heavy atom. The summed E-state index contributed by atoms with van der Waals surface area (Å²) in [6.07, 6.45) is 1.63. The van der Waals surface area contributed by atoms with Crippen molar-refractivity contribution in [3.05, 3.63) is 34.0 Å². The fraction of sp³-hybridized carbons (Fsp3) is 0.429. The van der Waals surface area contributed by atoms with Gasteiger partial charge in [0.25, 0.3) is 0 Å². The van der Waals surface area contributed by atoms with Crippen LogP contribution in [0.1, 0.15) is 29.2 Å². The number of fused-ring (bicyclic) bond motifs is 1. The molecule has 0 spiro atoms.